The zero-order valence-corrected chi connectivity index (χ0v) is 15.9. The third kappa shape index (κ3) is 5.55. The van der Waals surface area contributed by atoms with Crippen molar-refractivity contribution < 1.29 is 4.39 Å². The van der Waals surface area contributed by atoms with Crippen LogP contribution in [0, 0.1) is 5.92 Å². The number of aromatic nitrogens is 1. The minimum Gasteiger partial charge on any atom is -0.346 e. The Bertz CT molecular complexity index is 622. The lowest BCUT2D eigenvalue weighted by molar-refractivity contribution is 0.197. The molecule has 1 atom stereocenters. The molecule has 25 heavy (non-hydrogen) atoms. The predicted octanol–water partition coefficient (Wildman–Crippen LogP) is 5.62. The summed E-state index contributed by atoms with van der Waals surface area (Å²) < 4.78 is 13.5. The Morgan fingerprint density at radius 1 is 1.44 bits per heavy atom. The monoisotopic (exact) mass is 342 g/mol. The maximum Gasteiger partial charge on any atom is 0.105 e. The van der Waals surface area contributed by atoms with Gasteiger partial charge in [-0.2, -0.15) is 0 Å². The summed E-state index contributed by atoms with van der Waals surface area (Å²) in [7, 11) is 0. The molecule has 0 aromatic carbocycles. The zero-order chi connectivity index (χ0) is 18.4. The maximum atomic E-state index is 13.5. The van der Waals surface area contributed by atoms with E-state index in [1.165, 1.54) is 11.3 Å². The van der Waals surface area contributed by atoms with Crippen LogP contribution in [0.25, 0.3) is 0 Å². The van der Waals surface area contributed by atoms with Crippen LogP contribution in [0.15, 0.2) is 55.0 Å². The molecule has 0 amide bonds. The van der Waals surface area contributed by atoms with E-state index in [1.807, 2.05) is 19.2 Å². The van der Waals surface area contributed by atoms with Gasteiger partial charge in [0.15, 0.2) is 0 Å². The molecule has 1 aliphatic rings. The van der Waals surface area contributed by atoms with Crippen molar-refractivity contribution in [3.05, 3.63) is 66.3 Å². The molecule has 136 valence electrons. The number of hydrogen-bond donors (Lipinski definition) is 0. The minimum atomic E-state index is -1.09. The standard InChI is InChI=1S/C22H31FN2/c1-6-21(7-2)25-14-12-19(17(25)3)15-18-10-11-20(24-16-18)9-8-13-22(4,5)23/h6-7,10-11,16,19H,1,3,8-9,12-15H2,2,4-5H3/b21-7+. The average Bonchev–Trinajstić information content (AvgIpc) is 2.91. The number of nitrogens with zero attached hydrogens (tertiary/aromatic N) is 2. The van der Waals surface area contributed by atoms with E-state index < -0.39 is 5.67 Å². The molecular formula is C22H31FN2. The quantitative estimate of drug-likeness (QED) is 0.570. The number of likely N-dealkylation sites (tertiary alicyclic amines) is 1. The van der Waals surface area contributed by atoms with Crippen LogP contribution < -0.4 is 0 Å². The Hall–Kier alpha value is -1.90. The third-order valence-electron chi connectivity index (χ3n) is 4.91. The fourth-order valence-corrected chi connectivity index (χ4v) is 3.41. The number of aryl methyl sites for hydroxylation is 1. The summed E-state index contributed by atoms with van der Waals surface area (Å²) in [5.74, 6) is 0.454. The van der Waals surface area contributed by atoms with E-state index >= 15 is 0 Å². The predicted molar refractivity (Wildman–Crippen MR) is 104 cm³/mol. The molecule has 3 heteroatoms. The summed E-state index contributed by atoms with van der Waals surface area (Å²) in [6.07, 6.45) is 10.3. The first kappa shape index (κ1) is 19.4. The molecule has 0 saturated carbocycles. The number of allylic oxidation sites excluding steroid dienone is 3. The van der Waals surface area contributed by atoms with Crippen LogP contribution in [0.1, 0.15) is 51.3 Å². The van der Waals surface area contributed by atoms with Gasteiger partial charge < -0.3 is 4.90 Å². The number of hydrogen-bond acceptors (Lipinski definition) is 2. The number of alkyl halides is 1. The summed E-state index contributed by atoms with van der Waals surface area (Å²) in [5.41, 5.74) is 3.50. The molecule has 0 spiro atoms. The van der Waals surface area contributed by atoms with E-state index in [1.54, 1.807) is 13.8 Å². The van der Waals surface area contributed by atoms with Crippen molar-refractivity contribution >= 4 is 0 Å². The number of rotatable bonds is 8. The highest BCUT2D eigenvalue weighted by atomic mass is 19.1. The lowest BCUT2D eigenvalue weighted by atomic mass is 9.97. The van der Waals surface area contributed by atoms with Crippen LogP contribution in [0.4, 0.5) is 4.39 Å². The first-order valence-electron chi connectivity index (χ1n) is 9.22. The Morgan fingerprint density at radius 2 is 2.20 bits per heavy atom. The number of halogens is 1. The van der Waals surface area contributed by atoms with Gasteiger partial charge >= 0.3 is 0 Å². The highest BCUT2D eigenvalue weighted by Crippen LogP contribution is 2.32. The van der Waals surface area contributed by atoms with E-state index in [0.29, 0.717) is 12.3 Å². The Morgan fingerprint density at radius 3 is 2.76 bits per heavy atom. The average molecular weight is 343 g/mol. The lowest BCUT2D eigenvalue weighted by Gasteiger charge is -2.22. The first-order valence-corrected chi connectivity index (χ1v) is 9.22. The molecule has 1 unspecified atom stereocenters. The molecule has 0 bridgehead atoms. The molecule has 1 aliphatic heterocycles. The highest BCUT2D eigenvalue weighted by Gasteiger charge is 2.27. The molecule has 0 N–H and O–H groups in total. The van der Waals surface area contributed by atoms with Crippen LogP contribution in [0.3, 0.4) is 0 Å². The minimum absolute atomic E-state index is 0.454. The van der Waals surface area contributed by atoms with Gasteiger partial charge in [-0.05, 0) is 70.6 Å². The number of pyridine rings is 1. The molecule has 2 rings (SSSR count). The van der Waals surface area contributed by atoms with Gasteiger partial charge in [0.05, 0.1) is 0 Å². The van der Waals surface area contributed by atoms with E-state index in [2.05, 4.69) is 41.3 Å². The topological polar surface area (TPSA) is 16.1 Å². The van der Waals surface area contributed by atoms with Gasteiger partial charge in [0.1, 0.15) is 5.67 Å². The summed E-state index contributed by atoms with van der Waals surface area (Å²) >= 11 is 0. The summed E-state index contributed by atoms with van der Waals surface area (Å²) in [6, 6.07) is 4.24. The normalized spacial score (nSPS) is 18.7. The van der Waals surface area contributed by atoms with Gasteiger partial charge in [0, 0.05) is 35.7 Å². The van der Waals surface area contributed by atoms with Crippen LogP contribution in [-0.2, 0) is 12.8 Å². The summed E-state index contributed by atoms with van der Waals surface area (Å²) in [4.78, 5) is 6.82. The fourth-order valence-electron chi connectivity index (χ4n) is 3.41. The van der Waals surface area contributed by atoms with Gasteiger partial charge in [-0.15, -0.1) is 0 Å². The third-order valence-corrected chi connectivity index (χ3v) is 4.91. The molecule has 1 aromatic heterocycles. The van der Waals surface area contributed by atoms with Gasteiger partial charge in [-0.25, -0.2) is 4.39 Å². The van der Waals surface area contributed by atoms with Crippen molar-refractivity contribution in [2.75, 3.05) is 6.54 Å². The molecule has 1 aromatic rings. The SMILES string of the molecule is C=C/C(=C\C)N1CCC(Cc2ccc(CCCC(C)(C)F)nc2)C1=C. The second-order valence-corrected chi connectivity index (χ2v) is 7.48. The fraction of sp³-hybridized carbons (Fsp3) is 0.500. The van der Waals surface area contributed by atoms with Gasteiger partial charge in [-0.3, -0.25) is 4.98 Å². The van der Waals surface area contributed by atoms with Crippen molar-refractivity contribution in [3.63, 3.8) is 0 Å². The van der Waals surface area contributed by atoms with Crippen LogP contribution in [0.2, 0.25) is 0 Å². The molecule has 1 fully saturated rings. The molecule has 1 saturated heterocycles. The van der Waals surface area contributed by atoms with Crippen molar-refractivity contribution in [3.8, 4) is 0 Å². The van der Waals surface area contributed by atoms with Crippen LogP contribution in [0.5, 0.6) is 0 Å². The van der Waals surface area contributed by atoms with E-state index in [-0.39, 0.29) is 0 Å². The highest BCUT2D eigenvalue weighted by molar-refractivity contribution is 5.26. The van der Waals surface area contributed by atoms with E-state index in [4.69, 9.17) is 0 Å². The molecule has 0 radical (unpaired) electrons. The van der Waals surface area contributed by atoms with E-state index in [9.17, 15) is 4.39 Å². The van der Waals surface area contributed by atoms with Crippen molar-refractivity contribution in [1.82, 2.24) is 9.88 Å². The second-order valence-electron chi connectivity index (χ2n) is 7.48. The largest absolute Gasteiger partial charge is 0.346 e. The molecular weight excluding hydrogens is 311 g/mol. The molecule has 0 aliphatic carbocycles. The Kier molecular flexibility index (Phi) is 6.57. The summed E-state index contributed by atoms with van der Waals surface area (Å²) in [6.45, 7) is 14.5. The smallest absolute Gasteiger partial charge is 0.105 e. The van der Waals surface area contributed by atoms with Crippen molar-refractivity contribution in [1.29, 1.82) is 0 Å². The van der Waals surface area contributed by atoms with E-state index in [0.717, 1.165) is 43.6 Å². The maximum absolute atomic E-state index is 13.5. The van der Waals surface area contributed by atoms with Crippen molar-refractivity contribution in [2.24, 2.45) is 5.92 Å². The van der Waals surface area contributed by atoms with Crippen molar-refractivity contribution in [2.45, 2.75) is 58.5 Å². The van der Waals surface area contributed by atoms with Crippen LogP contribution >= 0.6 is 0 Å². The van der Waals surface area contributed by atoms with Gasteiger partial charge in [-0.1, -0.05) is 25.3 Å². The Labute approximate surface area is 152 Å². The Balaban J connectivity index is 1.89. The summed E-state index contributed by atoms with van der Waals surface area (Å²) in [5, 5.41) is 0. The van der Waals surface area contributed by atoms with Gasteiger partial charge in [0.25, 0.3) is 0 Å². The van der Waals surface area contributed by atoms with Gasteiger partial charge in [0.2, 0.25) is 0 Å². The zero-order valence-electron chi connectivity index (χ0n) is 15.9. The second kappa shape index (κ2) is 8.46. The lowest BCUT2D eigenvalue weighted by Crippen LogP contribution is -2.16. The van der Waals surface area contributed by atoms with Crippen LogP contribution in [-0.4, -0.2) is 22.1 Å². The molecule has 2 heterocycles. The molecule has 2 nitrogen and oxygen atoms in total. The first-order chi connectivity index (χ1) is 11.8.